The molecule has 0 spiro atoms. The molecule has 0 bridgehead atoms. The lowest BCUT2D eigenvalue weighted by molar-refractivity contribution is 0.578. The molecule has 0 aliphatic heterocycles. The van der Waals surface area contributed by atoms with Crippen molar-refractivity contribution in [1.29, 1.82) is 0 Å². The number of thiazole rings is 1. The molecule has 0 aromatic carbocycles. The predicted molar refractivity (Wildman–Crippen MR) is 71.8 cm³/mol. The summed E-state index contributed by atoms with van der Waals surface area (Å²) in [6.07, 6.45) is 2.51. The van der Waals surface area contributed by atoms with E-state index in [0.717, 1.165) is 15.7 Å². The average Bonchev–Trinajstić information content (AvgIpc) is 2.63. The molecule has 6 heteroatoms. The molecule has 0 amide bonds. The van der Waals surface area contributed by atoms with E-state index in [-0.39, 0.29) is 5.56 Å². The van der Waals surface area contributed by atoms with Crippen LogP contribution in [0.1, 0.15) is 10.6 Å². The Morgan fingerprint density at radius 3 is 3.00 bits per heavy atom. The molecule has 2 rings (SSSR count). The van der Waals surface area contributed by atoms with E-state index in [1.54, 1.807) is 23.6 Å². The molecule has 0 aliphatic carbocycles. The maximum absolute atomic E-state index is 11.6. The molecule has 0 atom stereocenters. The van der Waals surface area contributed by atoms with Gasteiger partial charge in [-0.1, -0.05) is 0 Å². The Balaban J connectivity index is 2.11. The number of nitrogens with zero attached hydrogens (tertiary/aromatic N) is 3. The number of aromatic nitrogens is 3. The normalized spacial score (nSPS) is 10.6. The highest BCUT2D eigenvalue weighted by Gasteiger charge is 2.03. The lowest BCUT2D eigenvalue weighted by Crippen LogP contribution is -2.23. The van der Waals surface area contributed by atoms with E-state index in [1.165, 1.54) is 9.56 Å². The molecule has 4 nitrogen and oxygen atoms in total. The summed E-state index contributed by atoms with van der Waals surface area (Å²) in [5.74, 6) is 0. The highest BCUT2D eigenvalue weighted by Crippen LogP contribution is 2.12. The number of halogens is 1. The van der Waals surface area contributed by atoms with Crippen molar-refractivity contribution in [3.8, 4) is 0 Å². The summed E-state index contributed by atoms with van der Waals surface area (Å²) in [6, 6.07) is 1.59. The molecule has 84 valence electrons. The second kappa shape index (κ2) is 5.05. The van der Waals surface area contributed by atoms with Gasteiger partial charge in [0.05, 0.1) is 17.4 Å². The van der Waals surface area contributed by atoms with Crippen molar-refractivity contribution in [2.45, 2.75) is 19.9 Å². The summed E-state index contributed by atoms with van der Waals surface area (Å²) >= 11 is 3.70. The molecule has 0 fully saturated rings. The van der Waals surface area contributed by atoms with E-state index in [9.17, 15) is 4.79 Å². The summed E-state index contributed by atoms with van der Waals surface area (Å²) in [5, 5.41) is 4.09. The Bertz CT molecular complexity index is 549. The molecule has 0 radical (unpaired) electrons. The predicted octanol–water partition coefficient (Wildman–Crippen LogP) is 1.86. The number of rotatable bonds is 3. The van der Waals surface area contributed by atoms with Crippen LogP contribution < -0.4 is 5.56 Å². The van der Waals surface area contributed by atoms with E-state index in [0.29, 0.717) is 6.54 Å². The van der Waals surface area contributed by atoms with Crippen LogP contribution in [0.25, 0.3) is 0 Å². The third-order valence-corrected chi connectivity index (χ3v) is 3.82. The number of hydrogen-bond donors (Lipinski definition) is 0. The van der Waals surface area contributed by atoms with Crippen LogP contribution >= 0.6 is 33.9 Å². The van der Waals surface area contributed by atoms with Crippen molar-refractivity contribution in [3.05, 3.63) is 42.3 Å². The molecule has 2 heterocycles. The van der Waals surface area contributed by atoms with Crippen LogP contribution in [0.4, 0.5) is 0 Å². The van der Waals surface area contributed by atoms with Crippen molar-refractivity contribution in [2.75, 3.05) is 0 Å². The first-order valence-corrected chi connectivity index (χ1v) is 6.74. The third kappa shape index (κ3) is 2.67. The van der Waals surface area contributed by atoms with Crippen molar-refractivity contribution < 1.29 is 0 Å². The van der Waals surface area contributed by atoms with Crippen LogP contribution in [0, 0.1) is 10.5 Å². The first-order valence-electron chi connectivity index (χ1n) is 4.78. The van der Waals surface area contributed by atoms with Gasteiger partial charge in [-0.25, -0.2) is 9.67 Å². The Labute approximate surface area is 110 Å². The monoisotopic (exact) mass is 347 g/mol. The maximum Gasteiger partial charge on any atom is 0.267 e. The lowest BCUT2D eigenvalue weighted by Gasteiger charge is -2.02. The Morgan fingerprint density at radius 1 is 1.56 bits per heavy atom. The van der Waals surface area contributed by atoms with Crippen LogP contribution in [0.2, 0.25) is 0 Å². The van der Waals surface area contributed by atoms with Crippen LogP contribution in [0.3, 0.4) is 0 Å². The zero-order valence-corrected chi connectivity index (χ0v) is 11.7. The first-order chi connectivity index (χ1) is 7.66. The van der Waals surface area contributed by atoms with Crippen LogP contribution in [-0.4, -0.2) is 14.8 Å². The maximum atomic E-state index is 11.6. The van der Waals surface area contributed by atoms with Gasteiger partial charge in [-0.3, -0.25) is 4.79 Å². The summed E-state index contributed by atoms with van der Waals surface area (Å²) in [4.78, 5) is 17.0. The van der Waals surface area contributed by atoms with Gasteiger partial charge in [0, 0.05) is 27.5 Å². The second-order valence-corrected chi connectivity index (χ2v) is 5.53. The van der Waals surface area contributed by atoms with Crippen molar-refractivity contribution in [3.63, 3.8) is 0 Å². The number of aryl methyl sites for hydroxylation is 3. The quantitative estimate of drug-likeness (QED) is 0.797. The van der Waals surface area contributed by atoms with Crippen LogP contribution in [0.5, 0.6) is 0 Å². The second-order valence-electron chi connectivity index (χ2n) is 3.35. The van der Waals surface area contributed by atoms with E-state index in [4.69, 9.17) is 0 Å². The van der Waals surface area contributed by atoms with Gasteiger partial charge in [-0.2, -0.15) is 5.10 Å². The number of hydrogen-bond acceptors (Lipinski definition) is 4. The molecule has 2 aromatic rings. The molecule has 0 aliphatic rings. The Kier molecular flexibility index (Phi) is 3.70. The molecule has 0 saturated carbocycles. The average molecular weight is 347 g/mol. The van der Waals surface area contributed by atoms with E-state index >= 15 is 0 Å². The van der Waals surface area contributed by atoms with Crippen molar-refractivity contribution in [1.82, 2.24) is 14.8 Å². The van der Waals surface area contributed by atoms with E-state index in [1.807, 2.05) is 12.4 Å². The zero-order chi connectivity index (χ0) is 11.5. The summed E-state index contributed by atoms with van der Waals surface area (Å²) in [6.45, 7) is 2.59. The van der Waals surface area contributed by atoms with Gasteiger partial charge in [0.2, 0.25) is 0 Å². The summed E-state index contributed by atoms with van der Waals surface area (Å²) in [7, 11) is 0. The van der Waals surface area contributed by atoms with E-state index in [2.05, 4.69) is 32.7 Å². The molecule has 16 heavy (non-hydrogen) atoms. The summed E-state index contributed by atoms with van der Waals surface area (Å²) in [5.41, 5.74) is 2.83. The topological polar surface area (TPSA) is 47.8 Å². The minimum absolute atomic E-state index is 0.0472. The molecule has 0 N–H and O–H groups in total. The van der Waals surface area contributed by atoms with Gasteiger partial charge < -0.3 is 0 Å². The first kappa shape index (κ1) is 11.7. The fraction of sp³-hybridized carbons (Fsp3) is 0.300. The largest absolute Gasteiger partial charge is 0.268 e. The molecule has 0 unspecified atom stereocenters. The minimum atomic E-state index is -0.0472. The van der Waals surface area contributed by atoms with Crippen LogP contribution in [0.15, 0.2) is 22.6 Å². The fourth-order valence-electron chi connectivity index (χ4n) is 1.35. The standard InChI is InChI=1S/C10H10IN3OS/c1-7-9(16-6-12-7)2-3-14-10(15)4-8(11)5-13-14/h4-6H,2-3H2,1H3. The minimum Gasteiger partial charge on any atom is -0.268 e. The van der Waals surface area contributed by atoms with Gasteiger partial charge in [0.25, 0.3) is 5.56 Å². The van der Waals surface area contributed by atoms with Gasteiger partial charge >= 0.3 is 0 Å². The zero-order valence-electron chi connectivity index (χ0n) is 8.68. The smallest absolute Gasteiger partial charge is 0.267 e. The molecule has 2 aromatic heterocycles. The molecule has 0 saturated heterocycles. The fourth-order valence-corrected chi connectivity index (χ4v) is 2.51. The lowest BCUT2D eigenvalue weighted by atomic mass is 10.3. The van der Waals surface area contributed by atoms with Gasteiger partial charge in [-0.15, -0.1) is 11.3 Å². The third-order valence-electron chi connectivity index (χ3n) is 2.23. The molecular weight excluding hydrogens is 337 g/mol. The van der Waals surface area contributed by atoms with Crippen molar-refractivity contribution >= 4 is 33.9 Å². The van der Waals surface area contributed by atoms with Gasteiger partial charge in [0.1, 0.15) is 0 Å². The Morgan fingerprint density at radius 2 is 2.38 bits per heavy atom. The van der Waals surface area contributed by atoms with Crippen LogP contribution in [-0.2, 0) is 13.0 Å². The van der Waals surface area contributed by atoms with Gasteiger partial charge in [0.15, 0.2) is 0 Å². The molecular formula is C10H10IN3OS. The highest BCUT2D eigenvalue weighted by molar-refractivity contribution is 14.1. The highest BCUT2D eigenvalue weighted by atomic mass is 127. The Hall–Kier alpha value is -0.760. The van der Waals surface area contributed by atoms with Crippen molar-refractivity contribution in [2.24, 2.45) is 0 Å². The summed E-state index contributed by atoms with van der Waals surface area (Å²) < 4.78 is 2.36. The SMILES string of the molecule is Cc1ncsc1CCn1ncc(I)cc1=O. The van der Waals surface area contributed by atoms with Gasteiger partial charge in [-0.05, 0) is 29.5 Å². The van der Waals surface area contributed by atoms with E-state index < -0.39 is 0 Å².